The Morgan fingerprint density at radius 3 is 2.40 bits per heavy atom. The quantitative estimate of drug-likeness (QED) is 0.779. The lowest BCUT2D eigenvalue weighted by Crippen LogP contribution is -2.23. The van der Waals surface area contributed by atoms with Gasteiger partial charge in [-0.25, -0.2) is 4.98 Å². The first kappa shape index (κ1) is 19.7. The standard InChI is InChI=1S/C18H29N5.C2H6/c1-5-20-16-15(14-7-6-12(2)10-14)21-18(22-17(16)19-4)23-9-8-13(3)11-23;1-2/h5,12-14H,6-11H2,1-4H3,(H,19,21,22);1-2H3. The molecule has 0 bridgehead atoms. The molecule has 2 heterocycles. The molecule has 140 valence electrons. The van der Waals surface area contributed by atoms with Crippen LogP contribution in [0.4, 0.5) is 17.5 Å². The molecule has 2 aliphatic rings. The second-order valence-corrected chi connectivity index (χ2v) is 7.20. The van der Waals surface area contributed by atoms with Crippen LogP contribution in [0.25, 0.3) is 0 Å². The van der Waals surface area contributed by atoms with Gasteiger partial charge in [-0.1, -0.05) is 34.1 Å². The van der Waals surface area contributed by atoms with Gasteiger partial charge in [0, 0.05) is 32.3 Å². The topological polar surface area (TPSA) is 53.4 Å². The average Bonchev–Trinajstić information content (AvgIpc) is 3.25. The maximum absolute atomic E-state index is 4.99. The fourth-order valence-corrected chi connectivity index (χ4v) is 3.89. The summed E-state index contributed by atoms with van der Waals surface area (Å²) >= 11 is 0. The molecule has 1 aliphatic heterocycles. The van der Waals surface area contributed by atoms with E-state index in [-0.39, 0.29) is 0 Å². The number of hydrogen-bond acceptors (Lipinski definition) is 5. The first-order valence-electron chi connectivity index (χ1n) is 9.95. The van der Waals surface area contributed by atoms with Gasteiger partial charge >= 0.3 is 0 Å². The van der Waals surface area contributed by atoms with Crippen molar-refractivity contribution in [3.63, 3.8) is 0 Å². The SMILES string of the molecule is CC.CC=Nc1c(NC)nc(N2CCC(C)C2)nc1C1CCC(C)C1. The molecule has 0 spiro atoms. The predicted octanol–water partition coefficient (Wildman–Crippen LogP) is 5.02. The van der Waals surface area contributed by atoms with Crippen LogP contribution >= 0.6 is 0 Å². The van der Waals surface area contributed by atoms with Crippen LogP contribution in [-0.4, -0.2) is 36.3 Å². The molecule has 5 nitrogen and oxygen atoms in total. The normalized spacial score (nSPS) is 26.0. The van der Waals surface area contributed by atoms with Crippen molar-refractivity contribution in [2.45, 2.75) is 66.2 Å². The van der Waals surface area contributed by atoms with Crippen molar-refractivity contribution in [1.29, 1.82) is 0 Å². The summed E-state index contributed by atoms with van der Waals surface area (Å²) in [5.74, 6) is 3.75. The second kappa shape index (κ2) is 9.16. The minimum absolute atomic E-state index is 0.512. The van der Waals surface area contributed by atoms with E-state index in [1.807, 2.05) is 34.0 Å². The van der Waals surface area contributed by atoms with Gasteiger partial charge in [-0.2, -0.15) is 4.98 Å². The molecule has 1 aromatic rings. The highest BCUT2D eigenvalue weighted by Crippen LogP contribution is 2.43. The monoisotopic (exact) mass is 345 g/mol. The smallest absolute Gasteiger partial charge is 0.227 e. The fraction of sp³-hybridized carbons (Fsp3) is 0.750. The van der Waals surface area contributed by atoms with Gasteiger partial charge in [0.05, 0.1) is 5.69 Å². The van der Waals surface area contributed by atoms with Crippen LogP contribution in [0.1, 0.15) is 71.9 Å². The van der Waals surface area contributed by atoms with Crippen LogP contribution in [0, 0.1) is 11.8 Å². The molecular weight excluding hydrogens is 310 g/mol. The first-order valence-corrected chi connectivity index (χ1v) is 9.95. The molecule has 1 saturated carbocycles. The Labute approximate surface area is 153 Å². The third-order valence-electron chi connectivity index (χ3n) is 5.18. The summed E-state index contributed by atoms with van der Waals surface area (Å²) in [6, 6.07) is 0. The summed E-state index contributed by atoms with van der Waals surface area (Å²) in [6.07, 6.45) is 6.78. The Morgan fingerprint density at radius 1 is 1.12 bits per heavy atom. The minimum atomic E-state index is 0.512. The summed E-state index contributed by atoms with van der Waals surface area (Å²) in [7, 11) is 1.93. The van der Waals surface area contributed by atoms with E-state index in [1.54, 1.807) is 0 Å². The van der Waals surface area contributed by atoms with Crippen LogP contribution < -0.4 is 10.2 Å². The number of nitrogens with zero attached hydrogens (tertiary/aromatic N) is 4. The predicted molar refractivity (Wildman–Crippen MR) is 109 cm³/mol. The van der Waals surface area contributed by atoms with Gasteiger partial charge in [0.2, 0.25) is 5.95 Å². The summed E-state index contributed by atoms with van der Waals surface area (Å²) in [4.78, 5) is 16.7. The Bertz CT molecular complexity index is 584. The molecule has 25 heavy (non-hydrogen) atoms. The van der Waals surface area contributed by atoms with Gasteiger partial charge in [-0.15, -0.1) is 0 Å². The molecular formula is C20H35N5. The van der Waals surface area contributed by atoms with E-state index < -0.39 is 0 Å². The molecule has 1 aliphatic carbocycles. The highest BCUT2D eigenvalue weighted by Gasteiger charge is 2.30. The molecule has 3 atom stereocenters. The highest BCUT2D eigenvalue weighted by atomic mass is 15.3. The fourth-order valence-electron chi connectivity index (χ4n) is 3.89. The van der Waals surface area contributed by atoms with E-state index in [9.17, 15) is 0 Å². The van der Waals surface area contributed by atoms with E-state index in [2.05, 4.69) is 29.1 Å². The van der Waals surface area contributed by atoms with Crippen molar-refractivity contribution in [3.05, 3.63) is 5.69 Å². The lowest BCUT2D eigenvalue weighted by Gasteiger charge is -2.21. The summed E-state index contributed by atoms with van der Waals surface area (Å²) in [5, 5.41) is 3.24. The lowest BCUT2D eigenvalue weighted by atomic mass is 10.0. The van der Waals surface area contributed by atoms with Crippen LogP contribution in [0.2, 0.25) is 0 Å². The molecule has 3 unspecified atom stereocenters. The largest absolute Gasteiger partial charge is 0.371 e. The van der Waals surface area contributed by atoms with E-state index in [4.69, 9.17) is 9.97 Å². The van der Waals surface area contributed by atoms with Crippen LogP contribution in [0.3, 0.4) is 0 Å². The number of aliphatic imine (C=N–C) groups is 1. The Hall–Kier alpha value is -1.65. The van der Waals surface area contributed by atoms with E-state index in [1.165, 1.54) is 25.7 Å². The van der Waals surface area contributed by atoms with Crippen LogP contribution in [-0.2, 0) is 0 Å². The number of hydrogen-bond donors (Lipinski definition) is 1. The Balaban J connectivity index is 0.00000109. The minimum Gasteiger partial charge on any atom is -0.371 e. The molecule has 2 fully saturated rings. The number of aromatic nitrogens is 2. The van der Waals surface area contributed by atoms with Crippen molar-refractivity contribution in [2.24, 2.45) is 16.8 Å². The van der Waals surface area contributed by atoms with Crippen molar-refractivity contribution in [2.75, 3.05) is 30.4 Å². The van der Waals surface area contributed by atoms with Gasteiger partial charge in [0.25, 0.3) is 0 Å². The van der Waals surface area contributed by atoms with Gasteiger partial charge in [0.1, 0.15) is 5.69 Å². The molecule has 0 amide bonds. The number of nitrogens with one attached hydrogen (secondary N) is 1. The summed E-state index contributed by atoms with van der Waals surface area (Å²) in [5.41, 5.74) is 2.08. The number of rotatable bonds is 4. The highest BCUT2D eigenvalue weighted by molar-refractivity contribution is 5.72. The zero-order valence-corrected chi connectivity index (χ0v) is 16.8. The van der Waals surface area contributed by atoms with Crippen molar-refractivity contribution in [1.82, 2.24) is 9.97 Å². The molecule has 0 aromatic carbocycles. The zero-order chi connectivity index (χ0) is 18.4. The van der Waals surface area contributed by atoms with E-state index >= 15 is 0 Å². The molecule has 1 aromatic heterocycles. The van der Waals surface area contributed by atoms with Gasteiger partial charge in [-0.05, 0) is 38.0 Å². The second-order valence-electron chi connectivity index (χ2n) is 7.20. The van der Waals surface area contributed by atoms with Crippen LogP contribution in [0.5, 0.6) is 0 Å². The molecule has 1 saturated heterocycles. The van der Waals surface area contributed by atoms with E-state index in [0.29, 0.717) is 5.92 Å². The average molecular weight is 346 g/mol. The van der Waals surface area contributed by atoms with Crippen molar-refractivity contribution < 1.29 is 0 Å². The third kappa shape index (κ3) is 4.50. The first-order chi connectivity index (χ1) is 12.1. The van der Waals surface area contributed by atoms with Crippen molar-refractivity contribution in [3.8, 4) is 0 Å². The maximum Gasteiger partial charge on any atom is 0.227 e. The zero-order valence-electron chi connectivity index (χ0n) is 16.8. The molecule has 1 N–H and O–H groups in total. The maximum atomic E-state index is 4.99. The van der Waals surface area contributed by atoms with Gasteiger partial charge in [0.15, 0.2) is 5.82 Å². The third-order valence-corrected chi connectivity index (χ3v) is 5.18. The lowest BCUT2D eigenvalue weighted by molar-refractivity contribution is 0.591. The summed E-state index contributed by atoms with van der Waals surface area (Å²) < 4.78 is 0. The molecule has 3 rings (SSSR count). The van der Waals surface area contributed by atoms with Crippen molar-refractivity contribution >= 4 is 23.7 Å². The number of anilines is 2. The van der Waals surface area contributed by atoms with Gasteiger partial charge < -0.3 is 10.2 Å². The molecule has 0 radical (unpaired) electrons. The summed E-state index contributed by atoms with van der Waals surface area (Å²) in [6.45, 7) is 12.7. The van der Waals surface area contributed by atoms with E-state index in [0.717, 1.165) is 48.1 Å². The Morgan fingerprint density at radius 2 is 1.88 bits per heavy atom. The van der Waals surface area contributed by atoms with Crippen LogP contribution in [0.15, 0.2) is 4.99 Å². The molecule has 5 heteroatoms. The Kier molecular flexibility index (Phi) is 7.21. The van der Waals surface area contributed by atoms with Gasteiger partial charge in [-0.3, -0.25) is 4.99 Å².